The van der Waals surface area contributed by atoms with E-state index < -0.39 is 36.1 Å². The Hall–Kier alpha value is -3.14. The van der Waals surface area contributed by atoms with E-state index in [4.69, 9.17) is 9.47 Å². The summed E-state index contributed by atoms with van der Waals surface area (Å²) in [5.74, 6) is -1.82. The molecule has 34 heavy (non-hydrogen) atoms. The minimum Gasteiger partial charge on any atom is -0.483 e. The van der Waals surface area contributed by atoms with Crippen molar-refractivity contribution in [1.82, 2.24) is 10.2 Å². The van der Waals surface area contributed by atoms with Crippen molar-refractivity contribution in [3.63, 3.8) is 0 Å². The lowest BCUT2D eigenvalue weighted by atomic mass is 9.77. The van der Waals surface area contributed by atoms with Crippen LogP contribution in [0.5, 0.6) is 0 Å². The van der Waals surface area contributed by atoms with Crippen molar-refractivity contribution in [3.05, 3.63) is 51.7 Å². The van der Waals surface area contributed by atoms with Crippen LogP contribution in [0.15, 0.2) is 35.6 Å². The minimum atomic E-state index is -1.07. The van der Waals surface area contributed by atoms with E-state index in [9.17, 15) is 18.8 Å². The molecule has 0 bridgehead atoms. The summed E-state index contributed by atoms with van der Waals surface area (Å²) in [6.45, 7) is 2.03. The first-order valence-electron chi connectivity index (χ1n) is 11.4. The number of ether oxygens (including phenoxy) is 2. The molecule has 1 saturated carbocycles. The Morgan fingerprint density at radius 1 is 1.24 bits per heavy atom. The van der Waals surface area contributed by atoms with Crippen molar-refractivity contribution >= 4 is 34.1 Å². The van der Waals surface area contributed by atoms with Crippen molar-refractivity contribution < 1.29 is 28.2 Å². The van der Waals surface area contributed by atoms with Crippen molar-refractivity contribution in [3.8, 4) is 0 Å². The summed E-state index contributed by atoms with van der Waals surface area (Å²) in [5.41, 5.74) is 1.18. The van der Waals surface area contributed by atoms with E-state index in [1.807, 2.05) is 6.92 Å². The first-order chi connectivity index (χ1) is 16.4. The molecule has 0 spiro atoms. The molecule has 1 aromatic carbocycles. The molecular formula is C24H24FN3O5S. The third kappa shape index (κ3) is 3.70. The number of hydrogen-bond acceptors (Lipinski definition) is 8. The molecule has 1 amide bonds. The second-order valence-electron chi connectivity index (χ2n) is 8.70. The molecule has 1 aromatic heterocycles. The maximum absolute atomic E-state index is 14.2. The number of nitrogens with zero attached hydrogens (tertiary/aromatic N) is 3. The summed E-state index contributed by atoms with van der Waals surface area (Å²) in [6, 6.07) is 5.73. The van der Waals surface area contributed by atoms with E-state index in [0.29, 0.717) is 29.1 Å². The van der Waals surface area contributed by atoms with Crippen LogP contribution in [0.25, 0.3) is 0 Å². The second-order valence-corrected chi connectivity index (χ2v) is 9.74. The van der Waals surface area contributed by atoms with E-state index in [1.165, 1.54) is 23.3 Å². The molecule has 3 heterocycles. The molecule has 2 aromatic rings. The third-order valence-corrected chi connectivity index (χ3v) is 7.54. The molecule has 0 saturated heterocycles. The summed E-state index contributed by atoms with van der Waals surface area (Å²) in [5, 5.41) is 9.59. The average Bonchev–Trinajstić information content (AvgIpc) is 3.42. The van der Waals surface area contributed by atoms with Gasteiger partial charge in [0.1, 0.15) is 17.3 Å². The van der Waals surface area contributed by atoms with Gasteiger partial charge in [-0.25, -0.2) is 9.18 Å². The van der Waals surface area contributed by atoms with Gasteiger partial charge < -0.3 is 9.47 Å². The zero-order valence-electron chi connectivity index (χ0n) is 18.8. The number of aromatic nitrogens is 2. The van der Waals surface area contributed by atoms with Gasteiger partial charge in [0.05, 0.1) is 30.2 Å². The summed E-state index contributed by atoms with van der Waals surface area (Å²) in [7, 11) is 1.30. The van der Waals surface area contributed by atoms with Crippen LogP contribution in [-0.2, 0) is 25.5 Å². The van der Waals surface area contributed by atoms with Gasteiger partial charge in [0.15, 0.2) is 11.5 Å². The Morgan fingerprint density at radius 2 is 2.00 bits per heavy atom. The largest absolute Gasteiger partial charge is 0.483 e. The Kier molecular flexibility index (Phi) is 5.93. The maximum Gasteiger partial charge on any atom is 0.337 e. The lowest BCUT2D eigenvalue weighted by Gasteiger charge is -2.36. The predicted molar refractivity (Wildman–Crippen MR) is 121 cm³/mol. The van der Waals surface area contributed by atoms with Crippen LogP contribution in [0.3, 0.4) is 0 Å². The fraction of sp³-hybridized carbons (Fsp3) is 0.458. The number of rotatable bonds is 5. The normalized spacial score (nSPS) is 26.3. The van der Waals surface area contributed by atoms with E-state index in [-0.39, 0.29) is 23.5 Å². The van der Waals surface area contributed by atoms with Gasteiger partial charge in [0.25, 0.3) is 5.91 Å². The molecule has 4 atom stereocenters. The summed E-state index contributed by atoms with van der Waals surface area (Å²) < 4.78 is 25.0. The van der Waals surface area contributed by atoms with Crippen LogP contribution in [-0.4, -0.2) is 47.2 Å². The number of aryl methyl sites for hydroxylation is 1. The Bertz CT molecular complexity index is 1180. The van der Waals surface area contributed by atoms with Crippen LogP contribution < -0.4 is 4.90 Å². The first kappa shape index (κ1) is 22.6. The molecule has 5 rings (SSSR count). The zero-order chi connectivity index (χ0) is 24.0. The molecule has 0 N–H and O–H groups in total. The molecule has 178 valence electrons. The monoisotopic (exact) mass is 485 g/mol. The Labute approximate surface area is 199 Å². The Morgan fingerprint density at radius 3 is 2.71 bits per heavy atom. The zero-order valence-corrected chi connectivity index (χ0v) is 19.6. The van der Waals surface area contributed by atoms with E-state index in [0.717, 1.165) is 17.8 Å². The number of halogens is 1. The van der Waals surface area contributed by atoms with Gasteiger partial charge in [-0.2, -0.15) is 0 Å². The van der Waals surface area contributed by atoms with E-state index >= 15 is 0 Å². The molecule has 2 aliphatic heterocycles. The topological polar surface area (TPSA) is 98.7 Å². The van der Waals surface area contributed by atoms with Crippen LogP contribution in [0.4, 0.5) is 9.52 Å². The number of hydrogen-bond donors (Lipinski definition) is 0. The van der Waals surface area contributed by atoms with Crippen LogP contribution >= 0.6 is 11.3 Å². The minimum absolute atomic E-state index is 0.0119. The summed E-state index contributed by atoms with van der Waals surface area (Å²) in [4.78, 5) is 40.5. The number of benzene rings is 1. The maximum atomic E-state index is 14.2. The fourth-order valence-electron chi connectivity index (χ4n) is 4.90. The van der Waals surface area contributed by atoms with Gasteiger partial charge in [-0.3, -0.25) is 14.5 Å². The smallest absolute Gasteiger partial charge is 0.337 e. The number of fused-ring (bicyclic) bond motifs is 1. The SMILES string of the molecule is CCCc1nnc(N2C(=O)C3=C(C(=O)C4CC(F)CCC4O3)C2c2ccc(C(=O)OC)cc2)s1. The van der Waals surface area contributed by atoms with Gasteiger partial charge >= 0.3 is 5.97 Å². The molecule has 1 aliphatic carbocycles. The predicted octanol–water partition coefficient (Wildman–Crippen LogP) is 3.73. The third-order valence-electron chi connectivity index (χ3n) is 6.56. The number of ketones is 1. The molecular weight excluding hydrogens is 461 g/mol. The molecule has 3 aliphatic rings. The highest BCUT2D eigenvalue weighted by Gasteiger charge is 2.54. The van der Waals surface area contributed by atoms with Crippen molar-refractivity contribution in [2.75, 3.05) is 12.0 Å². The molecule has 0 radical (unpaired) electrons. The molecule has 10 heteroatoms. The molecule has 8 nitrogen and oxygen atoms in total. The standard InChI is InChI=1S/C24H24FN3O5S/c1-3-4-17-26-27-24(34-17)28-19(12-5-7-13(8-6-12)23(31)32-2)18-20(29)15-11-14(25)9-10-16(15)33-21(18)22(28)30/h5-8,14-16,19H,3-4,9-11H2,1-2H3. The highest BCUT2D eigenvalue weighted by molar-refractivity contribution is 7.15. The lowest BCUT2D eigenvalue weighted by molar-refractivity contribution is -0.133. The van der Waals surface area contributed by atoms with Crippen molar-refractivity contribution in [2.24, 2.45) is 5.92 Å². The number of esters is 1. The quantitative estimate of drug-likeness (QED) is 0.595. The number of amides is 1. The van der Waals surface area contributed by atoms with Crippen molar-refractivity contribution in [2.45, 2.75) is 57.3 Å². The van der Waals surface area contributed by atoms with E-state index in [2.05, 4.69) is 10.2 Å². The van der Waals surface area contributed by atoms with Gasteiger partial charge in [-0.1, -0.05) is 30.4 Å². The van der Waals surface area contributed by atoms with Gasteiger partial charge in [-0.15, -0.1) is 10.2 Å². The number of alkyl halides is 1. The molecule has 4 unspecified atom stereocenters. The fourth-order valence-corrected chi connectivity index (χ4v) is 5.87. The lowest BCUT2D eigenvalue weighted by Crippen LogP contribution is -2.42. The summed E-state index contributed by atoms with van der Waals surface area (Å²) in [6.07, 6.45) is 0.816. The first-order valence-corrected chi connectivity index (χ1v) is 12.2. The number of methoxy groups -OCH3 is 1. The van der Waals surface area contributed by atoms with Gasteiger partial charge in [0.2, 0.25) is 5.13 Å². The summed E-state index contributed by atoms with van der Waals surface area (Å²) >= 11 is 1.30. The molecule has 1 fully saturated rings. The number of carbonyl (C=O) groups is 3. The number of Topliss-reactive ketones (excluding diaryl/α,β-unsaturated/α-hetero) is 1. The van der Waals surface area contributed by atoms with Crippen molar-refractivity contribution in [1.29, 1.82) is 0 Å². The van der Waals surface area contributed by atoms with Gasteiger partial charge in [-0.05, 0) is 43.4 Å². The highest BCUT2D eigenvalue weighted by Crippen LogP contribution is 2.49. The van der Waals surface area contributed by atoms with Gasteiger partial charge in [0, 0.05) is 6.42 Å². The Balaban J connectivity index is 1.59. The van der Waals surface area contributed by atoms with Crippen LogP contribution in [0.2, 0.25) is 0 Å². The average molecular weight is 486 g/mol. The number of carbonyl (C=O) groups excluding carboxylic acids is 3. The highest BCUT2D eigenvalue weighted by atomic mass is 32.1. The van der Waals surface area contributed by atoms with E-state index in [1.54, 1.807) is 24.3 Å². The second kappa shape index (κ2) is 8.90. The number of anilines is 1. The van der Waals surface area contributed by atoms with Crippen LogP contribution in [0.1, 0.15) is 59.6 Å². The van der Waals surface area contributed by atoms with Crippen LogP contribution in [0, 0.1) is 5.92 Å².